The Morgan fingerprint density at radius 1 is 1.53 bits per heavy atom. The molecule has 1 saturated carbocycles. The Kier molecular flexibility index (Phi) is 2.38. The number of carbonyl (C=O) groups is 1. The molecular formula is C12H13ClN2O2. The number of pyridine rings is 1. The van der Waals surface area contributed by atoms with Crippen LogP contribution >= 0.6 is 11.6 Å². The molecule has 0 bridgehead atoms. The van der Waals surface area contributed by atoms with Gasteiger partial charge in [0, 0.05) is 12.4 Å². The van der Waals surface area contributed by atoms with Gasteiger partial charge in [-0.1, -0.05) is 11.6 Å². The zero-order chi connectivity index (χ0) is 12.0. The van der Waals surface area contributed by atoms with Crippen molar-refractivity contribution >= 4 is 17.5 Å². The van der Waals surface area contributed by atoms with E-state index in [-0.39, 0.29) is 5.91 Å². The summed E-state index contributed by atoms with van der Waals surface area (Å²) in [5.41, 5.74) is -0.186. The van der Waals surface area contributed by atoms with Gasteiger partial charge in [0.05, 0.1) is 23.7 Å². The summed E-state index contributed by atoms with van der Waals surface area (Å²) in [6.45, 7) is 0.851. The van der Waals surface area contributed by atoms with Gasteiger partial charge < -0.3 is 10.0 Å². The predicted molar refractivity (Wildman–Crippen MR) is 62.8 cm³/mol. The molecule has 17 heavy (non-hydrogen) atoms. The number of hydrogen-bond acceptors (Lipinski definition) is 3. The van der Waals surface area contributed by atoms with Crippen LogP contribution in [-0.4, -0.2) is 39.6 Å². The van der Waals surface area contributed by atoms with Gasteiger partial charge in [-0.05, 0) is 24.8 Å². The van der Waals surface area contributed by atoms with Crippen LogP contribution in [0.3, 0.4) is 0 Å². The fourth-order valence-electron chi connectivity index (χ4n) is 2.36. The van der Waals surface area contributed by atoms with E-state index < -0.39 is 5.60 Å². The van der Waals surface area contributed by atoms with E-state index in [2.05, 4.69) is 4.98 Å². The highest BCUT2D eigenvalue weighted by molar-refractivity contribution is 6.33. The van der Waals surface area contributed by atoms with Crippen molar-refractivity contribution in [2.75, 3.05) is 13.1 Å². The van der Waals surface area contributed by atoms with Crippen LogP contribution in [0.25, 0.3) is 0 Å². The maximum absolute atomic E-state index is 12.1. The topological polar surface area (TPSA) is 53.4 Å². The number of rotatable bonds is 2. The molecule has 0 atom stereocenters. The summed E-state index contributed by atoms with van der Waals surface area (Å²) in [5, 5.41) is 10.5. The lowest BCUT2D eigenvalue weighted by atomic mass is 9.88. The van der Waals surface area contributed by atoms with Crippen LogP contribution in [0.1, 0.15) is 23.2 Å². The van der Waals surface area contributed by atoms with Crippen molar-refractivity contribution in [2.45, 2.75) is 18.4 Å². The van der Waals surface area contributed by atoms with Gasteiger partial charge in [-0.3, -0.25) is 9.78 Å². The zero-order valence-corrected chi connectivity index (χ0v) is 10.0. The van der Waals surface area contributed by atoms with Crippen molar-refractivity contribution in [2.24, 2.45) is 5.92 Å². The van der Waals surface area contributed by atoms with Crippen molar-refractivity contribution < 1.29 is 9.90 Å². The molecule has 2 aliphatic rings. The number of hydrogen-bond donors (Lipinski definition) is 1. The molecule has 1 saturated heterocycles. The van der Waals surface area contributed by atoms with Crippen LogP contribution in [0.15, 0.2) is 18.5 Å². The van der Waals surface area contributed by atoms with Crippen molar-refractivity contribution in [1.29, 1.82) is 0 Å². The SMILES string of the molecule is O=C(c1ccncc1Cl)N1CC(O)(C2CC2)C1. The minimum Gasteiger partial charge on any atom is -0.386 e. The molecule has 4 nitrogen and oxygen atoms in total. The predicted octanol–water partition coefficient (Wildman–Crippen LogP) is 1.33. The summed E-state index contributed by atoms with van der Waals surface area (Å²) in [6.07, 6.45) is 5.16. The van der Waals surface area contributed by atoms with E-state index in [0.29, 0.717) is 29.6 Å². The van der Waals surface area contributed by atoms with E-state index in [1.54, 1.807) is 17.2 Å². The Hall–Kier alpha value is -1.13. The summed E-state index contributed by atoms with van der Waals surface area (Å²) < 4.78 is 0. The fraction of sp³-hybridized carbons (Fsp3) is 0.500. The van der Waals surface area contributed by atoms with E-state index in [9.17, 15) is 9.90 Å². The molecule has 5 heteroatoms. The number of halogens is 1. The van der Waals surface area contributed by atoms with E-state index >= 15 is 0 Å². The third-order valence-electron chi connectivity index (χ3n) is 3.56. The van der Waals surface area contributed by atoms with Gasteiger partial charge in [-0.2, -0.15) is 0 Å². The molecular weight excluding hydrogens is 240 g/mol. The van der Waals surface area contributed by atoms with Crippen molar-refractivity contribution in [1.82, 2.24) is 9.88 Å². The summed E-state index contributed by atoms with van der Waals surface area (Å²) >= 11 is 5.92. The number of carbonyl (C=O) groups excluding carboxylic acids is 1. The maximum Gasteiger partial charge on any atom is 0.255 e. The highest BCUT2D eigenvalue weighted by atomic mass is 35.5. The molecule has 0 spiro atoms. The number of β-amino-alcohol motifs (C(OH)–C–C–N with tert-alkyl or cyclic N) is 1. The molecule has 1 amide bonds. The molecule has 90 valence electrons. The third kappa shape index (κ3) is 1.81. The Bertz CT molecular complexity index is 467. The maximum atomic E-state index is 12.1. The second-order valence-electron chi connectivity index (χ2n) is 4.89. The molecule has 3 rings (SSSR count). The zero-order valence-electron chi connectivity index (χ0n) is 9.27. The lowest BCUT2D eigenvalue weighted by Gasteiger charge is -2.47. The Labute approximate surface area is 104 Å². The summed E-state index contributed by atoms with van der Waals surface area (Å²) in [6, 6.07) is 1.61. The largest absolute Gasteiger partial charge is 0.386 e. The second kappa shape index (κ2) is 3.68. The monoisotopic (exact) mass is 252 g/mol. The van der Waals surface area contributed by atoms with Crippen LogP contribution in [0.5, 0.6) is 0 Å². The molecule has 0 unspecified atom stereocenters. The standard InChI is InChI=1S/C12H13ClN2O2/c13-10-5-14-4-3-9(10)11(16)15-6-12(17,7-15)8-1-2-8/h3-5,8,17H,1-2,6-7H2. The Balaban J connectivity index is 1.71. The van der Waals surface area contributed by atoms with E-state index in [1.807, 2.05) is 0 Å². The lowest BCUT2D eigenvalue weighted by Crippen LogP contribution is -2.64. The van der Waals surface area contributed by atoms with Gasteiger partial charge >= 0.3 is 0 Å². The van der Waals surface area contributed by atoms with Gasteiger partial charge in [0.15, 0.2) is 0 Å². The Morgan fingerprint density at radius 3 is 2.82 bits per heavy atom. The number of nitrogens with zero attached hydrogens (tertiary/aromatic N) is 2. The second-order valence-corrected chi connectivity index (χ2v) is 5.30. The average Bonchev–Trinajstić information content (AvgIpc) is 3.08. The summed E-state index contributed by atoms with van der Waals surface area (Å²) in [4.78, 5) is 17.6. The first kappa shape index (κ1) is 11.0. The highest BCUT2D eigenvalue weighted by Gasteiger charge is 2.53. The average molecular weight is 253 g/mol. The van der Waals surface area contributed by atoms with Gasteiger partial charge in [-0.15, -0.1) is 0 Å². The number of aliphatic hydroxyl groups is 1. The highest BCUT2D eigenvalue weighted by Crippen LogP contribution is 2.44. The van der Waals surface area contributed by atoms with Crippen LogP contribution < -0.4 is 0 Å². The molecule has 0 radical (unpaired) electrons. The first-order valence-corrected chi connectivity index (χ1v) is 6.09. The first-order valence-electron chi connectivity index (χ1n) is 5.71. The number of aromatic nitrogens is 1. The molecule has 2 heterocycles. The minimum atomic E-state index is -0.644. The van der Waals surface area contributed by atoms with Gasteiger partial charge in [0.2, 0.25) is 0 Å². The van der Waals surface area contributed by atoms with Gasteiger partial charge in [0.1, 0.15) is 5.60 Å². The van der Waals surface area contributed by atoms with Crippen molar-refractivity contribution in [3.63, 3.8) is 0 Å². The normalized spacial score (nSPS) is 22.1. The number of amides is 1. The smallest absolute Gasteiger partial charge is 0.255 e. The van der Waals surface area contributed by atoms with Crippen LogP contribution in [0.4, 0.5) is 0 Å². The molecule has 2 fully saturated rings. The summed E-state index contributed by atoms with van der Waals surface area (Å²) in [7, 11) is 0. The van der Waals surface area contributed by atoms with Crippen molar-refractivity contribution in [3.05, 3.63) is 29.0 Å². The quantitative estimate of drug-likeness (QED) is 0.864. The molecule has 1 aromatic rings. The van der Waals surface area contributed by atoms with E-state index in [0.717, 1.165) is 12.8 Å². The van der Waals surface area contributed by atoms with Crippen LogP contribution in [0.2, 0.25) is 5.02 Å². The van der Waals surface area contributed by atoms with Crippen LogP contribution in [0, 0.1) is 5.92 Å². The molecule has 1 aliphatic heterocycles. The minimum absolute atomic E-state index is 0.122. The molecule has 1 N–H and O–H groups in total. The molecule has 0 aromatic carbocycles. The number of likely N-dealkylation sites (tertiary alicyclic amines) is 1. The molecule has 1 aromatic heterocycles. The van der Waals surface area contributed by atoms with Gasteiger partial charge in [0.25, 0.3) is 5.91 Å². The first-order chi connectivity index (χ1) is 8.10. The van der Waals surface area contributed by atoms with E-state index in [4.69, 9.17) is 11.6 Å². The fourth-order valence-corrected chi connectivity index (χ4v) is 2.56. The van der Waals surface area contributed by atoms with E-state index in [1.165, 1.54) is 6.20 Å². The van der Waals surface area contributed by atoms with Gasteiger partial charge in [-0.25, -0.2) is 0 Å². The van der Waals surface area contributed by atoms with Crippen LogP contribution in [-0.2, 0) is 0 Å². The summed E-state index contributed by atoms with van der Waals surface area (Å²) in [5.74, 6) is 0.266. The Morgan fingerprint density at radius 2 is 2.24 bits per heavy atom. The lowest BCUT2D eigenvalue weighted by molar-refractivity contribution is -0.0958. The third-order valence-corrected chi connectivity index (χ3v) is 3.86. The van der Waals surface area contributed by atoms with Crippen molar-refractivity contribution in [3.8, 4) is 0 Å². The molecule has 1 aliphatic carbocycles.